The van der Waals surface area contributed by atoms with E-state index in [9.17, 15) is 13.2 Å². The molecule has 0 radical (unpaired) electrons. The number of carbonyl (C=O) groups is 1. The molecule has 3 aromatic carbocycles. The third-order valence-corrected chi connectivity index (χ3v) is 7.13. The molecule has 8 nitrogen and oxygen atoms in total. The Balaban J connectivity index is 0.00000400. The molecule has 1 N–H and O–H groups in total. The normalized spacial score (nSPS) is 10.9. The Kier molecular flexibility index (Phi) is 10.2. The van der Waals surface area contributed by atoms with Gasteiger partial charge in [-0.15, -0.1) is 0 Å². The van der Waals surface area contributed by atoms with Crippen LogP contribution in [0.4, 0.5) is 4.79 Å². The molecule has 0 unspecified atom stereocenters. The molecule has 1 heterocycles. The van der Waals surface area contributed by atoms with Crippen molar-refractivity contribution in [1.82, 2.24) is 15.1 Å². The monoisotopic (exact) mass is 540 g/mol. The molecule has 192 valence electrons. The van der Waals surface area contributed by atoms with Gasteiger partial charge in [0, 0.05) is 11.3 Å². The van der Waals surface area contributed by atoms with Gasteiger partial charge in [0.15, 0.2) is 6.03 Å². The fourth-order valence-corrected chi connectivity index (χ4v) is 4.97. The largest absolute Gasteiger partial charge is 1.00 e. The molecule has 0 aliphatic heterocycles. The molecule has 0 spiro atoms. The first-order valence-corrected chi connectivity index (χ1v) is 13.4. The van der Waals surface area contributed by atoms with Crippen LogP contribution in [-0.2, 0) is 16.4 Å². The molecule has 2 amide bonds. The van der Waals surface area contributed by atoms with E-state index in [4.69, 9.17) is 9.84 Å². The summed E-state index contributed by atoms with van der Waals surface area (Å²) in [5.74, 6) is 0.548. The van der Waals surface area contributed by atoms with E-state index in [1.54, 1.807) is 0 Å². The smallest absolute Gasteiger partial charge is 0.494 e. The van der Waals surface area contributed by atoms with E-state index in [0.717, 1.165) is 33.8 Å². The first kappa shape index (κ1) is 29.4. The fraction of sp³-hybridized carbons (Fsp3) is 0.214. The Morgan fingerprint density at radius 3 is 2.26 bits per heavy atom. The number of nitrogens with zero attached hydrogens (tertiary/aromatic N) is 3. The predicted octanol–water partition coefficient (Wildman–Crippen LogP) is 2.57. The average Bonchev–Trinajstić information content (AvgIpc) is 3.19. The average molecular weight is 541 g/mol. The number of rotatable bonds is 9. The number of hydrogen-bond donors (Lipinski definition) is 1. The molecule has 0 atom stereocenters. The molecule has 0 aliphatic rings. The molecule has 0 saturated heterocycles. The van der Waals surface area contributed by atoms with Crippen LogP contribution in [0.1, 0.15) is 23.9 Å². The maximum Gasteiger partial charge on any atom is 1.00 e. The zero-order chi connectivity index (χ0) is 26.4. The van der Waals surface area contributed by atoms with E-state index < -0.39 is 16.1 Å². The maximum atomic E-state index is 12.4. The van der Waals surface area contributed by atoms with E-state index >= 15 is 0 Å². The minimum absolute atomic E-state index is 0. The van der Waals surface area contributed by atoms with Gasteiger partial charge in [0.1, 0.15) is 5.75 Å². The fourth-order valence-electron chi connectivity index (χ4n) is 4.10. The number of benzene rings is 3. The van der Waals surface area contributed by atoms with Gasteiger partial charge in [-0.05, 0) is 81.3 Å². The van der Waals surface area contributed by atoms with Crippen LogP contribution in [0.3, 0.4) is 0 Å². The molecule has 38 heavy (non-hydrogen) atoms. The van der Waals surface area contributed by atoms with E-state index in [0.29, 0.717) is 18.8 Å². The third-order valence-electron chi connectivity index (χ3n) is 5.86. The molecule has 1 aromatic heterocycles. The molecule has 0 saturated carbocycles. The van der Waals surface area contributed by atoms with Crippen molar-refractivity contribution >= 4 is 16.1 Å². The van der Waals surface area contributed by atoms with Crippen molar-refractivity contribution in [2.45, 2.75) is 32.1 Å². The van der Waals surface area contributed by atoms with Crippen LogP contribution in [0, 0.1) is 13.8 Å². The van der Waals surface area contributed by atoms with Crippen LogP contribution in [0.15, 0.2) is 83.8 Å². The summed E-state index contributed by atoms with van der Waals surface area (Å²) in [5, 5.41) is 7.27. The van der Waals surface area contributed by atoms with E-state index in [1.807, 2.05) is 61.0 Å². The number of sulfonamides is 1. The quantitative estimate of drug-likeness (QED) is 0.329. The summed E-state index contributed by atoms with van der Waals surface area (Å²) < 4.78 is 35.4. The Morgan fingerprint density at radius 1 is 0.974 bits per heavy atom. The molecule has 0 fully saturated rings. The molecule has 0 bridgehead atoms. The Labute approximate surface area is 245 Å². The number of urea groups is 1. The van der Waals surface area contributed by atoms with Crippen molar-refractivity contribution in [3.8, 4) is 22.6 Å². The van der Waals surface area contributed by atoms with Crippen LogP contribution in [-0.4, -0.2) is 37.4 Å². The number of aromatic nitrogens is 2. The van der Waals surface area contributed by atoms with Crippen molar-refractivity contribution in [2.24, 2.45) is 0 Å². The van der Waals surface area contributed by atoms with Gasteiger partial charge in [-0.1, -0.05) is 42.5 Å². The zero-order valence-corrected chi connectivity index (χ0v) is 24.8. The van der Waals surface area contributed by atoms with Crippen LogP contribution in [0.25, 0.3) is 21.5 Å². The summed E-state index contributed by atoms with van der Waals surface area (Å²) in [4.78, 5) is 12.1. The van der Waals surface area contributed by atoms with Gasteiger partial charge in [-0.2, -0.15) is 5.10 Å². The standard InChI is InChI=1S/C28H30N4O4S.Na/c1-4-36-25-14-16-26(17-15-25)37(34,35)31-28(33)29-19-18-22-10-12-24(13-11-22)32-21(3)27(20(2)30-32)23-8-6-5-7-9-23;/h5-17H,4,18-19H2,1-3H3,(H2,29,31,33);/q;+1/p-1. The number of amides is 2. The Morgan fingerprint density at radius 2 is 1.63 bits per heavy atom. The summed E-state index contributed by atoms with van der Waals surface area (Å²) in [5.41, 5.74) is 6.19. The number of ether oxygens (including phenoxy) is 1. The first-order valence-electron chi connectivity index (χ1n) is 12.0. The number of aryl methyl sites for hydroxylation is 1. The van der Waals surface area contributed by atoms with Gasteiger partial charge in [-0.25, -0.2) is 13.1 Å². The van der Waals surface area contributed by atoms with Crippen molar-refractivity contribution in [2.75, 3.05) is 13.2 Å². The van der Waals surface area contributed by atoms with Gasteiger partial charge in [0.25, 0.3) is 0 Å². The van der Waals surface area contributed by atoms with Gasteiger partial charge < -0.3 is 14.8 Å². The van der Waals surface area contributed by atoms with Crippen LogP contribution < -0.4 is 39.6 Å². The van der Waals surface area contributed by atoms with E-state index in [2.05, 4.69) is 29.1 Å². The van der Waals surface area contributed by atoms with Gasteiger partial charge in [0.05, 0.1) is 22.9 Å². The van der Waals surface area contributed by atoms with Gasteiger partial charge in [0.2, 0.25) is 10.0 Å². The molecule has 4 aromatic rings. The van der Waals surface area contributed by atoms with Crippen LogP contribution in [0.5, 0.6) is 5.75 Å². The Hall–Kier alpha value is -3.11. The second-order valence-electron chi connectivity index (χ2n) is 8.44. The van der Waals surface area contributed by atoms with Crippen molar-refractivity contribution < 1.29 is 47.5 Å². The molecule has 10 heteroatoms. The van der Waals surface area contributed by atoms with Crippen molar-refractivity contribution in [3.63, 3.8) is 0 Å². The minimum Gasteiger partial charge on any atom is -0.494 e. The zero-order valence-electron chi connectivity index (χ0n) is 22.0. The second-order valence-corrected chi connectivity index (χ2v) is 10.0. The van der Waals surface area contributed by atoms with E-state index in [1.165, 1.54) is 24.3 Å². The number of carbonyl (C=O) groups excluding carboxylic acids is 1. The minimum atomic E-state index is -4.10. The van der Waals surface area contributed by atoms with Crippen molar-refractivity contribution in [3.05, 3.63) is 101 Å². The van der Waals surface area contributed by atoms with Crippen LogP contribution in [0.2, 0.25) is 0 Å². The molecular weight excluding hydrogens is 511 g/mol. The third kappa shape index (κ3) is 7.05. The summed E-state index contributed by atoms with van der Waals surface area (Å²) in [6, 6.07) is 23.0. The summed E-state index contributed by atoms with van der Waals surface area (Å²) in [6.07, 6.45) is 0.525. The number of nitrogens with one attached hydrogen (secondary N) is 1. The summed E-state index contributed by atoms with van der Waals surface area (Å²) in [6.45, 7) is 6.61. The predicted molar refractivity (Wildman–Crippen MR) is 144 cm³/mol. The van der Waals surface area contributed by atoms with E-state index in [-0.39, 0.29) is 41.0 Å². The Bertz CT molecular complexity index is 1470. The van der Waals surface area contributed by atoms with Gasteiger partial charge >= 0.3 is 29.6 Å². The van der Waals surface area contributed by atoms with Crippen LogP contribution >= 0.6 is 0 Å². The SMILES string of the molecule is CCOc1ccc(S(=O)(=O)[N-]C(=O)NCCc2ccc(-n3nc(C)c(-c4ccccc4)c3C)cc2)cc1.[Na+]. The van der Waals surface area contributed by atoms with Crippen molar-refractivity contribution in [1.29, 1.82) is 0 Å². The molecular formula is C28H29N4NaO4S. The maximum absolute atomic E-state index is 12.4. The summed E-state index contributed by atoms with van der Waals surface area (Å²) >= 11 is 0. The first-order chi connectivity index (χ1) is 17.8. The molecule has 4 rings (SSSR count). The topological polar surface area (TPSA) is 104 Å². The summed E-state index contributed by atoms with van der Waals surface area (Å²) in [7, 11) is -4.10. The molecule has 0 aliphatic carbocycles. The number of hydrogen-bond acceptors (Lipinski definition) is 5. The second kappa shape index (κ2) is 13.1. The van der Waals surface area contributed by atoms with Gasteiger partial charge in [-0.3, -0.25) is 4.79 Å².